The Balaban J connectivity index is 0.000000796. The maximum absolute atomic E-state index is 11.5. The fraction of sp³-hybridized carbons (Fsp3) is 0.500. The second-order valence-corrected chi connectivity index (χ2v) is 5.89. The molecular formula is C20H32N2O3. The van der Waals surface area contributed by atoms with Gasteiger partial charge in [-0.15, -0.1) is 0 Å². The van der Waals surface area contributed by atoms with Crippen LogP contribution in [0.1, 0.15) is 58.8 Å². The number of benzene rings is 1. The number of unbranched alkanes of at least 4 members (excludes halogenated alkanes) is 4. The zero-order chi connectivity index (χ0) is 18.8. The summed E-state index contributed by atoms with van der Waals surface area (Å²) in [6.07, 6.45) is 10.2. The summed E-state index contributed by atoms with van der Waals surface area (Å²) in [7, 11) is 0. The summed E-state index contributed by atoms with van der Waals surface area (Å²) in [4.78, 5) is 22.4. The molecule has 140 valence electrons. The third kappa shape index (κ3) is 16.5. The van der Waals surface area contributed by atoms with Crippen molar-refractivity contribution in [2.45, 2.75) is 64.8 Å². The van der Waals surface area contributed by atoms with Crippen LogP contribution < -0.4 is 10.8 Å². The number of amides is 2. The molecule has 3 N–H and O–H groups in total. The highest BCUT2D eigenvalue weighted by atomic mass is 16.5. The molecule has 0 heterocycles. The molecule has 0 radical (unpaired) electrons. The Morgan fingerprint density at radius 1 is 0.960 bits per heavy atom. The first kappa shape index (κ1) is 22.9. The summed E-state index contributed by atoms with van der Waals surface area (Å²) in [6.45, 7) is 3.90. The number of nitrogens with one attached hydrogen (secondary N) is 2. The van der Waals surface area contributed by atoms with E-state index in [9.17, 15) is 9.59 Å². The topological polar surface area (TPSA) is 78.4 Å². The largest absolute Gasteiger partial charge is 0.353 e. The lowest BCUT2D eigenvalue weighted by Crippen LogP contribution is -2.36. The van der Waals surface area contributed by atoms with Gasteiger partial charge in [-0.1, -0.05) is 74.7 Å². The Morgan fingerprint density at radius 2 is 1.56 bits per heavy atom. The standard InChI is InChI=1S/C14H26N2O3.C6H6/c1-3-4-5-6-7-8-9-10-13(17)15-12(2)11-14(18)16-19;1-2-4-6-5-3-1/h8-9,12,19H,3-7,10-11H2,1-2H3,(H,15,17)(H,16,18);1-6H/b9-8+;/t12-;/m1./s1. The summed E-state index contributed by atoms with van der Waals surface area (Å²) in [5, 5.41) is 11.1. The van der Waals surface area contributed by atoms with E-state index in [1.54, 1.807) is 12.4 Å². The van der Waals surface area contributed by atoms with Crippen LogP contribution >= 0.6 is 0 Å². The van der Waals surface area contributed by atoms with Crippen LogP contribution in [0, 0.1) is 0 Å². The first-order valence-electron chi connectivity index (χ1n) is 8.97. The monoisotopic (exact) mass is 348 g/mol. The Kier molecular flexibility index (Phi) is 15.3. The number of rotatable bonds is 10. The van der Waals surface area contributed by atoms with Gasteiger partial charge in [0.2, 0.25) is 11.8 Å². The molecule has 0 aliphatic heterocycles. The fourth-order valence-electron chi connectivity index (χ4n) is 2.09. The third-order valence-electron chi connectivity index (χ3n) is 3.38. The Hall–Kier alpha value is -2.14. The molecule has 0 spiro atoms. The first-order valence-corrected chi connectivity index (χ1v) is 8.97. The SMILES string of the molecule is CCCCCC/C=C/CC(=O)N[C@H](C)CC(=O)NO.c1ccccc1. The lowest BCUT2D eigenvalue weighted by Gasteiger charge is -2.11. The van der Waals surface area contributed by atoms with Gasteiger partial charge in [-0.2, -0.15) is 0 Å². The molecule has 0 saturated heterocycles. The van der Waals surface area contributed by atoms with Crippen molar-refractivity contribution in [3.63, 3.8) is 0 Å². The molecule has 5 nitrogen and oxygen atoms in total. The second kappa shape index (κ2) is 16.7. The van der Waals surface area contributed by atoms with Gasteiger partial charge in [0.05, 0.1) is 0 Å². The van der Waals surface area contributed by atoms with Gasteiger partial charge in [0.1, 0.15) is 0 Å². The van der Waals surface area contributed by atoms with Crippen LogP contribution in [-0.2, 0) is 9.59 Å². The van der Waals surface area contributed by atoms with Crippen LogP contribution in [0.2, 0.25) is 0 Å². The molecule has 0 aliphatic rings. The summed E-state index contributed by atoms with van der Waals surface area (Å²) in [5.41, 5.74) is 1.54. The van der Waals surface area contributed by atoms with Crippen molar-refractivity contribution in [2.24, 2.45) is 0 Å². The van der Waals surface area contributed by atoms with E-state index in [0.717, 1.165) is 6.42 Å². The zero-order valence-corrected chi connectivity index (χ0v) is 15.4. The van der Waals surface area contributed by atoms with Crippen LogP contribution in [0.3, 0.4) is 0 Å². The Labute approximate surface area is 151 Å². The number of allylic oxidation sites excluding steroid dienone is 1. The average Bonchev–Trinajstić information content (AvgIpc) is 2.62. The number of carbonyl (C=O) groups excluding carboxylic acids is 2. The van der Waals surface area contributed by atoms with Gasteiger partial charge in [-0.25, -0.2) is 5.48 Å². The minimum Gasteiger partial charge on any atom is -0.353 e. The van der Waals surface area contributed by atoms with Gasteiger partial charge >= 0.3 is 0 Å². The van der Waals surface area contributed by atoms with Crippen molar-refractivity contribution in [3.05, 3.63) is 48.6 Å². The molecule has 0 unspecified atom stereocenters. The maximum atomic E-state index is 11.5. The fourth-order valence-corrected chi connectivity index (χ4v) is 2.09. The summed E-state index contributed by atoms with van der Waals surface area (Å²) in [5.74, 6) is -0.609. The van der Waals surface area contributed by atoms with Crippen LogP contribution in [-0.4, -0.2) is 23.1 Å². The molecule has 1 aromatic carbocycles. The summed E-state index contributed by atoms with van der Waals surface area (Å²) in [6, 6.07) is 11.7. The van der Waals surface area contributed by atoms with E-state index in [4.69, 9.17) is 5.21 Å². The van der Waals surface area contributed by atoms with Gasteiger partial charge in [-0.3, -0.25) is 14.8 Å². The second-order valence-electron chi connectivity index (χ2n) is 5.89. The van der Waals surface area contributed by atoms with E-state index < -0.39 is 5.91 Å². The molecule has 0 saturated carbocycles. The van der Waals surface area contributed by atoms with Crippen LogP contribution in [0.25, 0.3) is 0 Å². The minimum atomic E-state index is -0.501. The molecule has 0 aliphatic carbocycles. The van der Waals surface area contributed by atoms with Gasteiger partial charge in [0.25, 0.3) is 0 Å². The maximum Gasteiger partial charge on any atom is 0.245 e. The normalized spacial score (nSPS) is 11.3. The van der Waals surface area contributed by atoms with Crippen molar-refractivity contribution in [2.75, 3.05) is 0 Å². The molecule has 1 rings (SSSR count). The molecule has 1 atom stereocenters. The lowest BCUT2D eigenvalue weighted by molar-refractivity contribution is -0.130. The molecular weight excluding hydrogens is 316 g/mol. The van der Waals surface area contributed by atoms with Crippen molar-refractivity contribution < 1.29 is 14.8 Å². The van der Waals surface area contributed by atoms with Crippen LogP contribution in [0.5, 0.6) is 0 Å². The molecule has 0 bridgehead atoms. The summed E-state index contributed by atoms with van der Waals surface area (Å²) < 4.78 is 0. The van der Waals surface area contributed by atoms with Crippen LogP contribution in [0.15, 0.2) is 48.6 Å². The molecule has 25 heavy (non-hydrogen) atoms. The van der Waals surface area contributed by atoms with Gasteiger partial charge < -0.3 is 5.32 Å². The zero-order valence-electron chi connectivity index (χ0n) is 15.4. The van der Waals surface area contributed by atoms with Gasteiger partial charge in [0, 0.05) is 18.9 Å². The van der Waals surface area contributed by atoms with Gasteiger partial charge in [-0.05, 0) is 19.8 Å². The predicted octanol–water partition coefficient (Wildman–Crippen LogP) is 3.99. The Bertz CT molecular complexity index is 448. The lowest BCUT2D eigenvalue weighted by atomic mass is 10.1. The number of hydrogen-bond acceptors (Lipinski definition) is 3. The van der Waals surface area contributed by atoms with Crippen molar-refractivity contribution >= 4 is 11.8 Å². The number of carbonyl (C=O) groups is 2. The highest BCUT2D eigenvalue weighted by Gasteiger charge is 2.10. The molecule has 0 aromatic heterocycles. The summed E-state index contributed by atoms with van der Waals surface area (Å²) >= 11 is 0. The number of hydroxylamine groups is 1. The van der Waals surface area contributed by atoms with E-state index in [2.05, 4.69) is 12.2 Å². The quantitative estimate of drug-likeness (QED) is 0.259. The Morgan fingerprint density at radius 3 is 2.08 bits per heavy atom. The van der Waals surface area contributed by atoms with E-state index >= 15 is 0 Å². The van der Waals surface area contributed by atoms with E-state index in [0.29, 0.717) is 6.42 Å². The smallest absolute Gasteiger partial charge is 0.245 e. The average molecular weight is 348 g/mol. The third-order valence-corrected chi connectivity index (χ3v) is 3.38. The van der Waals surface area contributed by atoms with Crippen molar-refractivity contribution in [1.29, 1.82) is 0 Å². The first-order chi connectivity index (χ1) is 12.1. The van der Waals surface area contributed by atoms with Crippen molar-refractivity contribution in [1.82, 2.24) is 10.8 Å². The van der Waals surface area contributed by atoms with Gasteiger partial charge in [0.15, 0.2) is 0 Å². The molecule has 5 heteroatoms. The van der Waals surface area contributed by atoms with Crippen molar-refractivity contribution in [3.8, 4) is 0 Å². The van der Waals surface area contributed by atoms with E-state index in [1.807, 2.05) is 48.6 Å². The minimum absolute atomic E-state index is 0.0724. The highest BCUT2D eigenvalue weighted by molar-refractivity contribution is 5.79. The molecule has 1 aromatic rings. The molecule has 0 fully saturated rings. The van der Waals surface area contributed by atoms with E-state index in [1.165, 1.54) is 25.7 Å². The highest BCUT2D eigenvalue weighted by Crippen LogP contribution is 2.03. The predicted molar refractivity (Wildman–Crippen MR) is 101 cm³/mol. The van der Waals surface area contributed by atoms with E-state index in [-0.39, 0.29) is 18.4 Å². The van der Waals surface area contributed by atoms with Crippen LogP contribution in [0.4, 0.5) is 0 Å². The molecule has 2 amide bonds. The number of hydrogen-bond donors (Lipinski definition) is 3.